The molecule has 0 saturated carbocycles. The Bertz CT molecular complexity index is 455. The summed E-state index contributed by atoms with van der Waals surface area (Å²) in [5.74, 6) is 0.533. The van der Waals surface area contributed by atoms with Crippen LogP contribution in [0.5, 0.6) is 0 Å². The smallest absolute Gasteiger partial charge is 0.267 e. The van der Waals surface area contributed by atoms with Crippen LogP contribution in [-0.4, -0.2) is 33.7 Å². The summed E-state index contributed by atoms with van der Waals surface area (Å²) >= 11 is 0. The molecule has 0 radical (unpaired) electrons. The summed E-state index contributed by atoms with van der Waals surface area (Å²) in [7, 11) is 0. The number of nitrogens with zero attached hydrogens (tertiary/aromatic N) is 3. The van der Waals surface area contributed by atoms with Crippen molar-refractivity contribution in [1.29, 1.82) is 0 Å². The summed E-state index contributed by atoms with van der Waals surface area (Å²) in [4.78, 5) is 25.3. The predicted octanol–water partition coefficient (Wildman–Crippen LogP) is 0.502. The van der Waals surface area contributed by atoms with Gasteiger partial charge in [-0.25, -0.2) is 4.68 Å². The number of amides is 1. The Kier molecular flexibility index (Phi) is 3.56. The molecular weight excluding hydrogens is 218 g/mol. The predicted molar refractivity (Wildman–Crippen MR) is 63.5 cm³/mol. The van der Waals surface area contributed by atoms with Crippen molar-refractivity contribution in [3.8, 4) is 0 Å². The molecule has 1 saturated heterocycles. The number of hydrogen-bond donors (Lipinski definition) is 0. The standard InChI is InChI=1S/C12H17N3O2/c1-10-4-3-7-14(8-10)12(17)9-15-11(16)5-2-6-13-15/h2,5-6,10H,3-4,7-9H2,1H3. The Morgan fingerprint density at radius 3 is 3.12 bits per heavy atom. The number of rotatable bonds is 2. The largest absolute Gasteiger partial charge is 0.341 e. The Hall–Kier alpha value is -1.65. The van der Waals surface area contributed by atoms with Crippen LogP contribution < -0.4 is 5.56 Å². The fourth-order valence-electron chi connectivity index (χ4n) is 2.15. The second-order valence-electron chi connectivity index (χ2n) is 4.61. The highest BCUT2D eigenvalue weighted by molar-refractivity contribution is 5.75. The number of carbonyl (C=O) groups is 1. The molecule has 1 aliphatic heterocycles. The van der Waals surface area contributed by atoms with Gasteiger partial charge in [-0.05, 0) is 24.8 Å². The van der Waals surface area contributed by atoms with Crippen LogP contribution in [0.4, 0.5) is 0 Å². The SMILES string of the molecule is CC1CCCN(C(=O)Cn2ncccc2=O)C1. The van der Waals surface area contributed by atoms with Crippen LogP contribution in [0.1, 0.15) is 19.8 Å². The lowest BCUT2D eigenvalue weighted by Gasteiger charge is -2.30. The summed E-state index contributed by atoms with van der Waals surface area (Å²) in [6.07, 6.45) is 3.74. The summed E-state index contributed by atoms with van der Waals surface area (Å²) < 4.78 is 1.21. The molecule has 0 N–H and O–H groups in total. The van der Waals surface area contributed by atoms with E-state index in [1.54, 1.807) is 6.07 Å². The molecule has 1 amide bonds. The van der Waals surface area contributed by atoms with Gasteiger partial charge in [-0.2, -0.15) is 5.10 Å². The van der Waals surface area contributed by atoms with E-state index in [1.165, 1.54) is 23.4 Å². The Morgan fingerprint density at radius 1 is 1.59 bits per heavy atom. The number of likely N-dealkylation sites (tertiary alicyclic amines) is 1. The average molecular weight is 235 g/mol. The minimum atomic E-state index is -0.231. The van der Waals surface area contributed by atoms with E-state index in [1.807, 2.05) is 4.90 Å². The van der Waals surface area contributed by atoms with Crippen molar-refractivity contribution in [2.75, 3.05) is 13.1 Å². The van der Waals surface area contributed by atoms with Crippen LogP contribution in [0.25, 0.3) is 0 Å². The summed E-state index contributed by atoms with van der Waals surface area (Å²) in [5.41, 5.74) is -0.231. The van der Waals surface area contributed by atoms with E-state index < -0.39 is 0 Å². The lowest BCUT2D eigenvalue weighted by molar-refractivity contribution is -0.133. The highest BCUT2D eigenvalue weighted by Crippen LogP contribution is 2.15. The molecule has 1 aromatic heterocycles. The van der Waals surface area contributed by atoms with E-state index in [9.17, 15) is 9.59 Å². The van der Waals surface area contributed by atoms with Crippen molar-refractivity contribution in [3.05, 3.63) is 28.7 Å². The van der Waals surface area contributed by atoms with E-state index in [-0.39, 0.29) is 18.0 Å². The van der Waals surface area contributed by atoms with E-state index in [2.05, 4.69) is 12.0 Å². The minimum Gasteiger partial charge on any atom is -0.341 e. The first-order valence-electron chi connectivity index (χ1n) is 5.97. The number of aromatic nitrogens is 2. The molecule has 1 atom stereocenters. The molecule has 1 aromatic rings. The van der Waals surface area contributed by atoms with Gasteiger partial charge in [-0.15, -0.1) is 0 Å². The zero-order valence-corrected chi connectivity index (χ0v) is 10.0. The van der Waals surface area contributed by atoms with E-state index in [4.69, 9.17) is 0 Å². The van der Waals surface area contributed by atoms with Crippen molar-refractivity contribution in [3.63, 3.8) is 0 Å². The minimum absolute atomic E-state index is 0.0163. The first-order valence-corrected chi connectivity index (χ1v) is 5.97. The van der Waals surface area contributed by atoms with Gasteiger partial charge in [0, 0.05) is 25.4 Å². The van der Waals surface area contributed by atoms with Crippen LogP contribution in [0, 0.1) is 5.92 Å². The van der Waals surface area contributed by atoms with Gasteiger partial charge < -0.3 is 4.90 Å². The molecule has 0 bridgehead atoms. The Labute approximate surface area is 100 Å². The van der Waals surface area contributed by atoms with Crippen molar-refractivity contribution in [1.82, 2.24) is 14.7 Å². The maximum absolute atomic E-state index is 12.0. The highest BCUT2D eigenvalue weighted by Gasteiger charge is 2.21. The molecule has 5 heteroatoms. The highest BCUT2D eigenvalue weighted by atomic mass is 16.2. The van der Waals surface area contributed by atoms with Gasteiger partial charge in [0.15, 0.2) is 0 Å². The van der Waals surface area contributed by atoms with Gasteiger partial charge in [0.1, 0.15) is 6.54 Å². The lowest BCUT2D eigenvalue weighted by atomic mass is 10.0. The van der Waals surface area contributed by atoms with Gasteiger partial charge in [0.05, 0.1) is 0 Å². The third-order valence-electron chi connectivity index (χ3n) is 3.08. The van der Waals surface area contributed by atoms with Crippen molar-refractivity contribution >= 4 is 5.91 Å². The fraction of sp³-hybridized carbons (Fsp3) is 0.583. The maximum atomic E-state index is 12.0. The zero-order valence-electron chi connectivity index (χ0n) is 10.0. The normalized spacial score (nSPS) is 20.3. The summed E-state index contributed by atoms with van der Waals surface area (Å²) in [5, 5.41) is 3.89. The quantitative estimate of drug-likeness (QED) is 0.750. The maximum Gasteiger partial charge on any atom is 0.267 e. The third kappa shape index (κ3) is 2.93. The van der Waals surface area contributed by atoms with Gasteiger partial charge in [0.2, 0.25) is 5.91 Å². The van der Waals surface area contributed by atoms with Gasteiger partial charge in [-0.3, -0.25) is 9.59 Å². The number of piperidine rings is 1. The number of hydrogen-bond acceptors (Lipinski definition) is 3. The molecule has 0 aromatic carbocycles. The second-order valence-corrected chi connectivity index (χ2v) is 4.61. The molecule has 0 aliphatic carbocycles. The van der Waals surface area contributed by atoms with Crippen molar-refractivity contribution in [2.24, 2.45) is 5.92 Å². The van der Waals surface area contributed by atoms with Crippen LogP contribution in [0.2, 0.25) is 0 Å². The Morgan fingerprint density at radius 2 is 2.41 bits per heavy atom. The average Bonchev–Trinajstić information content (AvgIpc) is 2.32. The van der Waals surface area contributed by atoms with E-state index in [0.717, 1.165) is 19.5 Å². The molecular formula is C12H17N3O2. The molecule has 1 aliphatic rings. The molecule has 2 heterocycles. The molecule has 1 unspecified atom stereocenters. The third-order valence-corrected chi connectivity index (χ3v) is 3.08. The van der Waals surface area contributed by atoms with Crippen molar-refractivity contribution < 1.29 is 4.79 Å². The fourth-order valence-corrected chi connectivity index (χ4v) is 2.15. The molecule has 1 fully saturated rings. The van der Waals surface area contributed by atoms with Gasteiger partial charge >= 0.3 is 0 Å². The topological polar surface area (TPSA) is 55.2 Å². The zero-order chi connectivity index (χ0) is 12.3. The molecule has 92 valence electrons. The second kappa shape index (κ2) is 5.12. The molecule has 2 rings (SSSR count). The van der Waals surface area contributed by atoms with Crippen LogP contribution in [0.15, 0.2) is 23.1 Å². The van der Waals surface area contributed by atoms with E-state index in [0.29, 0.717) is 5.92 Å². The van der Waals surface area contributed by atoms with Crippen LogP contribution >= 0.6 is 0 Å². The molecule has 17 heavy (non-hydrogen) atoms. The lowest BCUT2D eigenvalue weighted by Crippen LogP contribution is -2.42. The van der Waals surface area contributed by atoms with Crippen LogP contribution in [0.3, 0.4) is 0 Å². The van der Waals surface area contributed by atoms with Crippen molar-refractivity contribution in [2.45, 2.75) is 26.3 Å². The molecule has 0 spiro atoms. The first kappa shape index (κ1) is 11.8. The Balaban J connectivity index is 2.02. The van der Waals surface area contributed by atoms with Gasteiger partial charge in [-0.1, -0.05) is 6.92 Å². The monoisotopic (exact) mass is 235 g/mol. The summed E-state index contributed by atoms with van der Waals surface area (Å²) in [6.45, 7) is 3.78. The summed E-state index contributed by atoms with van der Waals surface area (Å²) in [6, 6.07) is 2.99. The van der Waals surface area contributed by atoms with Gasteiger partial charge in [0.25, 0.3) is 5.56 Å². The first-order chi connectivity index (χ1) is 8.16. The molecule has 5 nitrogen and oxygen atoms in total. The van der Waals surface area contributed by atoms with Crippen LogP contribution in [-0.2, 0) is 11.3 Å². The number of carbonyl (C=O) groups excluding carboxylic acids is 1. The van der Waals surface area contributed by atoms with E-state index >= 15 is 0 Å².